The Hall–Kier alpha value is -2.27. The summed E-state index contributed by atoms with van der Waals surface area (Å²) in [5, 5.41) is 5.99. The van der Waals surface area contributed by atoms with E-state index in [2.05, 4.69) is 22.2 Å². The number of nitrogens with zero attached hydrogens (tertiary/aromatic N) is 2. The van der Waals surface area contributed by atoms with Gasteiger partial charge in [-0.1, -0.05) is 13.0 Å². The molecule has 1 N–H and O–H groups in total. The van der Waals surface area contributed by atoms with E-state index in [0.717, 1.165) is 22.2 Å². The van der Waals surface area contributed by atoms with Crippen molar-refractivity contribution in [2.24, 2.45) is 0 Å². The topological polar surface area (TPSA) is 54.9 Å². The quantitative estimate of drug-likeness (QED) is 0.801. The van der Waals surface area contributed by atoms with E-state index in [1.807, 2.05) is 29.6 Å². The number of aromatic nitrogens is 2. The Morgan fingerprint density at radius 1 is 1.33 bits per heavy atom. The molecule has 21 heavy (non-hydrogen) atoms. The molecule has 0 saturated carbocycles. The Labute approximate surface area is 126 Å². The smallest absolute Gasteiger partial charge is 0.270 e. The number of hydrogen-bond acceptors (Lipinski definition) is 4. The summed E-state index contributed by atoms with van der Waals surface area (Å²) < 4.78 is 0. The number of rotatable bonds is 4. The fourth-order valence-corrected chi connectivity index (χ4v) is 3.05. The number of carbonyl (C=O) groups excluding carboxylic acids is 1. The highest BCUT2D eigenvalue weighted by atomic mass is 32.1. The molecule has 5 heteroatoms. The highest BCUT2D eigenvalue weighted by Crippen LogP contribution is 2.22. The Kier molecular flexibility index (Phi) is 3.92. The van der Waals surface area contributed by atoms with Crippen LogP contribution in [-0.4, -0.2) is 15.9 Å². The van der Waals surface area contributed by atoms with Gasteiger partial charge in [0.1, 0.15) is 5.69 Å². The lowest BCUT2D eigenvalue weighted by atomic mass is 10.1. The van der Waals surface area contributed by atoms with Gasteiger partial charge >= 0.3 is 0 Å². The van der Waals surface area contributed by atoms with E-state index in [1.54, 1.807) is 29.8 Å². The minimum absolute atomic E-state index is 0.0347. The third kappa shape index (κ3) is 2.92. The fraction of sp³-hybridized carbons (Fsp3) is 0.188. The van der Waals surface area contributed by atoms with Crippen molar-refractivity contribution in [3.05, 3.63) is 58.7 Å². The van der Waals surface area contributed by atoms with Gasteiger partial charge in [0.05, 0.1) is 11.6 Å². The Morgan fingerprint density at radius 2 is 2.24 bits per heavy atom. The number of amides is 1. The van der Waals surface area contributed by atoms with Gasteiger partial charge in [-0.05, 0) is 36.1 Å². The molecule has 3 aromatic heterocycles. The lowest BCUT2D eigenvalue weighted by molar-refractivity contribution is 0.0931. The number of nitrogens with one attached hydrogen (secondary N) is 1. The van der Waals surface area contributed by atoms with Gasteiger partial charge in [0.25, 0.3) is 5.91 Å². The molecule has 3 rings (SSSR count). The average Bonchev–Trinajstić information content (AvgIpc) is 3.06. The first-order valence-corrected chi connectivity index (χ1v) is 7.71. The van der Waals surface area contributed by atoms with E-state index in [0.29, 0.717) is 5.69 Å². The summed E-state index contributed by atoms with van der Waals surface area (Å²) in [5.74, 6) is -0.144. The molecule has 4 nitrogen and oxygen atoms in total. The predicted octanol–water partition coefficient (Wildman–Crippen LogP) is 3.57. The zero-order chi connectivity index (χ0) is 14.7. The Morgan fingerprint density at radius 3 is 3.00 bits per heavy atom. The third-order valence-electron chi connectivity index (χ3n) is 3.32. The van der Waals surface area contributed by atoms with Crippen molar-refractivity contribution in [3.8, 4) is 0 Å². The molecule has 3 aromatic rings. The van der Waals surface area contributed by atoms with E-state index in [9.17, 15) is 4.79 Å². The van der Waals surface area contributed by atoms with Crippen molar-refractivity contribution in [1.29, 1.82) is 0 Å². The van der Waals surface area contributed by atoms with E-state index < -0.39 is 0 Å². The second-order valence-electron chi connectivity index (χ2n) is 4.71. The first-order chi connectivity index (χ1) is 10.3. The molecule has 0 aromatic carbocycles. The molecule has 0 aliphatic carbocycles. The van der Waals surface area contributed by atoms with Gasteiger partial charge in [-0.2, -0.15) is 0 Å². The van der Waals surface area contributed by atoms with Crippen molar-refractivity contribution >= 4 is 28.1 Å². The minimum Gasteiger partial charge on any atom is -0.343 e. The van der Waals surface area contributed by atoms with Crippen LogP contribution < -0.4 is 5.32 Å². The van der Waals surface area contributed by atoms with Gasteiger partial charge in [0, 0.05) is 22.7 Å². The number of fused-ring (bicyclic) bond motifs is 1. The van der Waals surface area contributed by atoms with Gasteiger partial charge in [0.2, 0.25) is 0 Å². The number of hydrogen-bond donors (Lipinski definition) is 1. The van der Waals surface area contributed by atoms with Crippen LogP contribution in [0.15, 0.2) is 48.1 Å². The van der Waals surface area contributed by atoms with Crippen LogP contribution in [0.5, 0.6) is 0 Å². The molecule has 0 bridgehead atoms. The van der Waals surface area contributed by atoms with Crippen LogP contribution in [-0.2, 0) is 0 Å². The van der Waals surface area contributed by atoms with Crippen LogP contribution in [0.4, 0.5) is 0 Å². The molecular weight excluding hydrogens is 282 g/mol. The molecule has 0 aliphatic rings. The van der Waals surface area contributed by atoms with Gasteiger partial charge in [-0.3, -0.25) is 9.78 Å². The van der Waals surface area contributed by atoms with E-state index >= 15 is 0 Å². The highest BCUT2D eigenvalue weighted by molar-refractivity contribution is 7.10. The zero-order valence-electron chi connectivity index (χ0n) is 11.6. The van der Waals surface area contributed by atoms with Gasteiger partial charge in [0.15, 0.2) is 0 Å². The second-order valence-corrected chi connectivity index (χ2v) is 5.69. The average molecular weight is 297 g/mol. The van der Waals surface area contributed by atoms with Gasteiger partial charge < -0.3 is 5.32 Å². The molecule has 1 atom stereocenters. The van der Waals surface area contributed by atoms with Crippen LogP contribution in [0.2, 0.25) is 0 Å². The maximum Gasteiger partial charge on any atom is 0.270 e. The summed E-state index contributed by atoms with van der Waals surface area (Å²) in [7, 11) is 0. The molecular formula is C16H15N3OS. The number of carbonyl (C=O) groups is 1. The third-order valence-corrected chi connectivity index (χ3v) is 4.31. The lowest BCUT2D eigenvalue weighted by Crippen LogP contribution is -2.28. The van der Waals surface area contributed by atoms with Crippen LogP contribution >= 0.6 is 11.3 Å². The van der Waals surface area contributed by atoms with Crippen LogP contribution in [0.1, 0.15) is 34.8 Å². The minimum atomic E-state index is -0.144. The van der Waals surface area contributed by atoms with Crippen molar-refractivity contribution in [2.45, 2.75) is 19.4 Å². The monoisotopic (exact) mass is 297 g/mol. The van der Waals surface area contributed by atoms with Gasteiger partial charge in [-0.25, -0.2) is 4.98 Å². The van der Waals surface area contributed by atoms with E-state index in [-0.39, 0.29) is 11.9 Å². The first kappa shape index (κ1) is 13.7. The SMILES string of the molecule is CCC(NC(=O)c1ccc2cnccc2n1)c1cccs1. The largest absolute Gasteiger partial charge is 0.343 e. The highest BCUT2D eigenvalue weighted by Gasteiger charge is 2.16. The van der Waals surface area contributed by atoms with Crippen LogP contribution in [0.25, 0.3) is 10.9 Å². The molecule has 106 valence electrons. The van der Waals surface area contributed by atoms with Crippen molar-refractivity contribution in [2.75, 3.05) is 0 Å². The zero-order valence-corrected chi connectivity index (χ0v) is 12.4. The molecule has 0 spiro atoms. The number of thiophene rings is 1. The molecule has 0 aliphatic heterocycles. The molecule has 0 fully saturated rings. The molecule has 3 heterocycles. The summed E-state index contributed by atoms with van der Waals surface area (Å²) in [6.45, 7) is 2.06. The molecule has 0 radical (unpaired) electrons. The van der Waals surface area contributed by atoms with Crippen molar-refractivity contribution in [3.63, 3.8) is 0 Å². The molecule has 1 unspecified atom stereocenters. The maximum absolute atomic E-state index is 12.4. The Bertz CT molecular complexity index is 755. The van der Waals surface area contributed by atoms with E-state index in [1.165, 1.54) is 0 Å². The number of pyridine rings is 2. The fourth-order valence-electron chi connectivity index (χ4n) is 2.19. The summed E-state index contributed by atoms with van der Waals surface area (Å²) in [6.07, 6.45) is 4.27. The molecule has 0 saturated heterocycles. The normalized spacial score (nSPS) is 12.2. The summed E-state index contributed by atoms with van der Waals surface area (Å²) >= 11 is 1.65. The lowest BCUT2D eigenvalue weighted by Gasteiger charge is -2.15. The summed E-state index contributed by atoms with van der Waals surface area (Å²) in [5.41, 5.74) is 1.21. The Balaban J connectivity index is 1.83. The van der Waals surface area contributed by atoms with Crippen molar-refractivity contribution < 1.29 is 4.79 Å². The van der Waals surface area contributed by atoms with Crippen LogP contribution in [0.3, 0.4) is 0 Å². The first-order valence-electron chi connectivity index (χ1n) is 6.83. The second kappa shape index (κ2) is 6.01. The molecule has 1 amide bonds. The van der Waals surface area contributed by atoms with Crippen molar-refractivity contribution in [1.82, 2.24) is 15.3 Å². The van der Waals surface area contributed by atoms with E-state index in [4.69, 9.17) is 0 Å². The summed E-state index contributed by atoms with van der Waals surface area (Å²) in [6, 6.07) is 9.49. The standard InChI is InChI=1S/C16H15N3OS/c1-2-12(15-4-3-9-21-15)19-16(20)14-6-5-11-10-17-8-7-13(11)18-14/h3-10,12H,2H2,1H3,(H,19,20). The predicted molar refractivity (Wildman–Crippen MR) is 84.4 cm³/mol. The van der Waals surface area contributed by atoms with Crippen LogP contribution in [0, 0.1) is 0 Å². The maximum atomic E-state index is 12.4. The van der Waals surface area contributed by atoms with Gasteiger partial charge in [-0.15, -0.1) is 11.3 Å². The summed E-state index contributed by atoms with van der Waals surface area (Å²) in [4.78, 5) is 22.0.